The van der Waals surface area contributed by atoms with E-state index in [9.17, 15) is 24.0 Å². The van der Waals surface area contributed by atoms with Crippen LogP contribution in [-0.2, 0) is 30.3 Å². The van der Waals surface area contributed by atoms with Gasteiger partial charge in [0.05, 0.1) is 18.4 Å². The molecule has 0 saturated heterocycles. The molecule has 3 aromatic carbocycles. The summed E-state index contributed by atoms with van der Waals surface area (Å²) in [7, 11) is 0. The molecule has 0 aliphatic heterocycles. The van der Waals surface area contributed by atoms with Crippen molar-refractivity contribution in [2.45, 2.75) is 83.3 Å². The standard InChI is InChI=1S/C46H56N6O8S/c1-5-47-41(53)30-58-33-21-19-31(20-22-33)23-25-48-44(56)52-50-28-32(27-42(54)60-46(2,3)4)51-43(55)38(40-18-12-26-61-40)17-10-11-24-49-45(57)59-29-39-36-15-8-6-13-34(36)35-14-7-9-16-37(35)39/h6-9,12-16,18-22,26,28,32,38-39H,5,10-11,17,23-25,27,29-30H2,1-4H3,(H,47,53)(H,49,57)(H,51,55)(H2,48,52,56)/b50-28+/t32-,38?/m0/s1. The Hall–Kier alpha value is -6.22. The monoisotopic (exact) mass is 852 g/mol. The Morgan fingerprint density at radius 3 is 2.20 bits per heavy atom. The largest absolute Gasteiger partial charge is 0.484 e. The zero-order chi connectivity index (χ0) is 43.6. The number of carbonyl (C=O) groups excluding carboxylic acids is 5. The predicted octanol–water partition coefficient (Wildman–Crippen LogP) is 6.80. The smallest absolute Gasteiger partial charge is 0.407 e. The molecule has 0 radical (unpaired) electrons. The molecule has 1 unspecified atom stereocenters. The third-order valence-corrected chi connectivity index (χ3v) is 10.6. The van der Waals surface area contributed by atoms with Crippen molar-refractivity contribution in [3.63, 3.8) is 0 Å². The SMILES string of the molecule is CCNC(=O)COc1ccc(CCNC(=O)N/N=C/[C@H](CC(=O)OC(C)(C)C)NC(=O)C(CCCCNC(=O)OCC2c3ccccc3-c3ccccc32)c2cccs2)cc1. The van der Waals surface area contributed by atoms with Crippen LogP contribution in [0, 0.1) is 0 Å². The van der Waals surface area contributed by atoms with Crippen LogP contribution in [0.1, 0.15) is 86.8 Å². The zero-order valence-corrected chi connectivity index (χ0v) is 36.0. The number of fused-ring (bicyclic) bond motifs is 3. The van der Waals surface area contributed by atoms with Crippen molar-refractivity contribution in [3.8, 4) is 16.9 Å². The molecule has 1 aromatic heterocycles. The van der Waals surface area contributed by atoms with Crippen LogP contribution in [-0.4, -0.2) is 80.6 Å². The van der Waals surface area contributed by atoms with Crippen LogP contribution in [0.3, 0.4) is 0 Å². The van der Waals surface area contributed by atoms with Crippen molar-refractivity contribution in [1.29, 1.82) is 0 Å². The van der Waals surface area contributed by atoms with Crippen molar-refractivity contribution < 1.29 is 38.2 Å². The number of thiophene rings is 1. The molecular weight excluding hydrogens is 797 g/mol. The van der Waals surface area contributed by atoms with Crippen LogP contribution in [0.15, 0.2) is 95.4 Å². The zero-order valence-electron chi connectivity index (χ0n) is 35.2. The summed E-state index contributed by atoms with van der Waals surface area (Å²) >= 11 is 1.46. The van der Waals surface area contributed by atoms with Gasteiger partial charge in [-0.1, -0.05) is 73.2 Å². The maximum Gasteiger partial charge on any atom is 0.407 e. The van der Waals surface area contributed by atoms with Gasteiger partial charge in [0.25, 0.3) is 5.91 Å². The summed E-state index contributed by atoms with van der Waals surface area (Å²) in [5.74, 6) is -1.04. The number of carbonyl (C=O) groups is 5. The van der Waals surface area contributed by atoms with Crippen molar-refractivity contribution in [1.82, 2.24) is 26.7 Å². The molecule has 0 bridgehead atoms. The van der Waals surface area contributed by atoms with Crippen LogP contribution >= 0.6 is 11.3 Å². The number of rotatable bonds is 21. The van der Waals surface area contributed by atoms with Crippen molar-refractivity contribution in [2.75, 3.05) is 32.8 Å². The Balaban J connectivity index is 1.08. The summed E-state index contributed by atoms with van der Waals surface area (Å²) in [6, 6.07) is 25.9. The number of hydrogen-bond acceptors (Lipinski definition) is 10. The van der Waals surface area contributed by atoms with E-state index in [0.717, 1.165) is 32.7 Å². The number of ether oxygens (including phenoxy) is 3. The van der Waals surface area contributed by atoms with Gasteiger partial charge in [-0.25, -0.2) is 15.0 Å². The lowest BCUT2D eigenvalue weighted by Gasteiger charge is -2.23. The Labute approximate surface area is 361 Å². The van der Waals surface area contributed by atoms with Gasteiger partial charge < -0.3 is 35.5 Å². The van der Waals surface area contributed by atoms with E-state index in [-0.39, 0.29) is 37.4 Å². The second-order valence-electron chi connectivity index (χ2n) is 15.5. The molecule has 5 rings (SSSR count). The minimum absolute atomic E-state index is 0.0315. The number of alkyl carbamates (subject to hydrolysis) is 1. The Morgan fingerprint density at radius 1 is 0.836 bits per heavy atom. The number of esters is 1. The molecule has 324 valence electrons. The molecule has 2 atom stereocenters. The van der Waals surface area contributed by atoms with Crippen LogP contribution in [0.25, 0.3) is 11.1 Å². The van der Waals surface area contributed by atoms with E-state index in [1.807, 2.05) is 60.8 Å². The van der Waals surface area contributed by atoms with E-state index in [4.69, 9.17) is 14.2 Å². The van der Waals surface area contributed by atoms with Gasteiger partial charge >= 0.3 is 18.1 Å². The quantitative estimate of drug-likeness (QED) is 0.0262. The number of benzene rings is 3. The summed E-state index contributed by atoms with van der Waals surface area (Å²) in [6.45, 7) is 8.47. The normalized spacial score (nSPS) is 13.0. The van der Waals surface area contributed by atoms with E-state index in [2.05, 4.69) is 56.1 Å². The molecule has 15 heteroatoms. The molecule has 4 aromatic rings. The summed E-state index contributed by atoms with van der Waals surface area (Å²) in [5.41, 5.74) is 7.22. The predicted molar refractivity (Wildman–Crippen MR) is 236 cm³/mol. The number of likely N-dealkylation sites (N-methyl/N-ethyl adjacent to an activating group) is 1. The molecule has 0 saturated carbocycles. The number of hydrogen-bond donors (Lipinski definition) is 5. The molecule has 0 fully saturated rings. The van der Waals surface area contributed by atoms with E-state index < -0.39 is 35.7 Å². The van der Waals surface area contributed by atoms with Crippen molar-refractivity contribution in [3.05, 3.63) is 112 Å². The van der Waals surface area contributed by atoms with Crippen LogP contribution in [0.5, 0.6) is 5.75 Å². The number of hydrazone groups is 1. The minimum Gasteiger partial charge on any atom is -0.484 e. The van der Waals surface area contributed by atoms with Crippen molar-refractivity contribution >= 4 is 47.5 Å². The molecule has 1 aliphatic carbocycles. The minimum atomic E-state index is -0.880. The fourth-order valence-electron chi connectivity index (χ4n) is 6.89. The van der Waals surface area contributed by atoms with Gasteiger partial charge in [0, 0.05) is 36.6 Å². The number of unbranched alkanes of at least 4 members (excludes halogenated alkanes) is 1. The highest BCUT2D eigenvalue weighted by Crippen LogP contribution is 2.44. The number of amides is 5. The van der Waals surface area contributed by atoms with Gasteiger partial charge in [0.15, 0.2) is 6.61 Å². The lowest BCUT2D eigenvalue weighted by atomic mass is 9.98. The van der Waals surface area contributed by atoms with Crippen molar-refractivity contribution in [2.24, 2.45) is 5.10 Å². The first-order chi connectivity index (χ1) is 29.4. The third kappa shape index (κ3) is 14.8. The maximum absolute atomic E-state index is 13.8. The Morgan fingerprint density at radius 2 is 1.54 bits per heavy atom. The van der Waals surface area contributed by atoms with E-state index in [1.54, 1.807) is 32.9 Å². The fraction of sp³-hybridized carbons (Fsp3) is 0.391. The average Bonchev–Trinajstić information content (AvgIpc) is 3.87. The van der Waals surface area contributed by atoms with Gasteiger partial charge in [0.1, 0.15) is 18.0 Å². The summed E-state index contributed by atoms with van der Waals surface area (Å²) < 4.78 is 16.7. The summed E-state index contributed by atoms with van der Waals surface area (Å²) in [5, 5.41) is 17.1. The second-order valence-corrected chi connectivity index (χ2v) is 16.5. The first-order valence-electron chi connectivity index (χ1n) is 20.6. The second kappa shape index (κ2) is 23.0. The average molecular weight is 853 g/mol. The molecule has 5 N–H and O–H groups in total. The molecule has 1 heterocycles. The third-order valence-electron chi connectivity index (χ3n) is 9.66. The fourth-order valence-corrected chi connectivity index (χ4v) is 7.75. The Kier molecular flexibility index (Phi) is 17.3. The van der Waals surface area contributed by atoms with E-state index >= 15 is 0 Å². The lowest BCUT2D eigenvalue weighted by molar-refractivity contribution is -0.155. The first-order valence-corrected chi connectivity index (χ1v) is 21.5. The highest BCUT2D eigenvalue weighted by atomic mass is 32.1. The van der Waals surface area contributed by atoms with Gasteiger partial charge in [-0.05, 0) is 98.4 Å². The van der Waals surface area contributed by atoms with Crippen LogP contribution in [0.4, 0.5) is 9.59 Å². The molecule has 0 spiro atoms. The van der Waals surface area contributed by atoms with Crippen LogP contribution in [0.2, 0.25) is 0 Å². The van der Waals surface area contributed by atoms with Gasteiger partial charge in [-0.15, -0.1) is 11.3 Å². The maximum atomic E-state index is 13.8. The first kappa shape index (κ1) is 45.9. The van der Waals surface area contributed by atoms with Gasteiger partial charge in [0.2, 0.25) is 5.91 Å². The number of nitrogens with zero attached hydrogens (tertiary/aromatic N) is 1. The summed E-state index contributed by atoms with van der Waals surface area (Å²) in [4.78, 5) is 64.5. The van der Waals surface area contributed by atoms with E-state index in [0.29, 0.717) is 51.1 Å². The Bertz CT molecular complexity index is 2060. The van der Waals surface area contributed by atoms with Gasteiger partial charge in [-0.3, -0.25) is 14.4 Å². The molecule has 61 heavy (non-hydrogen) atoms. The van der Waals surface area contributed by atoms with Gasteiger partial charge in [-0.2, -0.15) is 5.10 Å². The van der Waals surface area contributed by atoms with Crippen LogP contribution < -0.4 is 31.4 Å². The molecule has 1 aliphatic rings. The highest BCUT2D eigenvalue weighted by molar-refractivity contribution is 7.10. The molecular formula is C46H56N6O8S. The topological polar surface area (TPSA) is 186 Å². The number of urea groups is 1. The number of nitrogens with one attached hydrogen (secondary N) is 5. The summed E-state index contributed by atoms with van der Waals surface area (Å²) in [6.07, 6.45) is 2.86. The van der Waals surface area contributed by atoms with E-state index in [1.165, 1.54) is 17.6 Å². The highest BCUT2D eigenvalue weighted by Gasteiger charge is 2.29. The lowest BCUT2D eigenvalue weighted by Crippen LogP contribution is -2.42. The molecule has 5 amide bonds. The molecule has 14 nitrogen and oxygen atoms in total.